The number of rotatable bonds is 8. The second-order valence-corrected chi connectivity index (χ2v) is 9.98. The van der Waals surface area contributed by atoms with Gasteiger partial charge in [0, 0.05) is 31.1 Å². The van der Waals surface area contributed by atoms with Gasteiger partial charge in [0.05, 0.1) is 11.3 Å². The minimum atomic E-state index is -0.524. The van der Waals surface area contributed by atoms with E-state index in [4.69, 9.17) is 4.74 Å². The number of esters is 1. The Balaban J connectivity index is 1.23. The van der Waals surface area contributed by atoms with Crippen molar-refractivity contribution < 1.29 is 19.1 Å². The van der Waals surface area contributed by atoms with Gasteiger partial charge < -0.3 is 14.5 Å². The van der Waals surface area contributed by atoms with Gasteiger partial charge in [-0.05, 0) is 55.7 Å². The lowest BCUT2D eigenvalue weighted by Crippen LogP contribution is -2.41. The van der Waals surface area contributed by atoms with Gasteiger partial charge in [0.25, 0.3) is 5.91 Å². The van der Waals surface area contributed by atoms with Gasteiger partial charge in [0.2, 0.25) is 5.91 Å². The summed E-state index contributed by atoms with van der Waals surface area (Å²) in [6.45, 7) is 2.76. The van der Waals surface area contributed by atoms with E-state index in [0.29, 0.717) is 35.2 Å². The first-order valence-corrected chi connectivity index (χ1v) is 13.1. The number of nitrogens with zero attached hydrogens (tertiary/aromatic N) is 2. The molecule has 180 valence electrons. The second kappa shape index (κ2) is 12.1. The van der Waals surface area contributed by atoms with Crippen molar-refractivity contribution in [1.29, 1.82) is 0 Å². The maximum absolute atomic E-state index is 12.7. The average molecular weight is 481 g/mol. The van der Waals surface area contributed by atoms with Crippen LogP contribution in [-0.4, -0.2) is 66.1 Å². The molecule has 0 saturated carbocycles. The Morgan fingerprint density at radius 2 is 1.47 bits per heavy atom. The van der Waals surface area contributed by atoms with Crippen LogP contribution in [0.4, 0.5) is 0 Å². The monoisotopic (exact) mass is 480 g/mol. The lowest BCUT2D eigenvalue weighted by molar-refractivity contribution is -0.136. The molecule has 0 aromatic heterocycles. The molecule has 0 aliphatic carbocycles. The summed E-state index contributed by atoms with van der Waals surface area (Å²) in [4.78, 5) is 42.1. The summed E-state index contributed by atoms with van der Waals surface area (Å²) in [5.74, 6) is 0.281. The first-order chi connectivity index (χ1) is 16.6. The quantitative estimate of drug-likeness (QED) is 0.421. The Kier molecular flexibility index (Phi) is 8.63. The van der Waals surface area contributed by atoms with Crippen LogP contribution in [0, 0.1) is 5.92 Å². The highest BCUT2D eigenvalue weighted by molar-refractivity contribution is 8.00. The van der Waals surface area contributed by atoms with Gasteiger partial charge in [-0.15, -0.1) is 11.8 Å². The molecule has 2 amide bonds. The van der Waals surface area contributed by atoms with Crippen LogP contribution < -0.4 is 0 Å². The maximum atomic E-state index is 12.7. The number of thioether (sulfide) groups is 1. The van der Waals surface area contributed by atoms with Crippen LogP contribution in [0.25, 0.3) is 0 Å². The molecule has 0 atom stereocenters. The molecule has 2 saturated heterocycles. The Morgan fingerprint density at radius 3 is 2.21 bits per heavy atom. The van der Waals surface area contributed by atoms with Crippen molar-refractivity contribution in [3.63, 3.8) is 0 Å². The summed E-state index contributed by atoms with van der Waals surface area (Å²) >= 11 is 1.35. The third-order valence-electron chi connectivity index (χ3n) is 6.58. The highest BCUT2D eigenvalue weighted by Crippen LogP contribution is 2.25. The minimum Gasteiger partial charge on any atom is -0.452 e. The van der Waals surface area contributed by atoms with Crippen LogP contribution in [0.5, 0.6) is 0 Å². The Hall–Kier alpha value is -2.80. The van der Waals surface area contributed by atoms with E-state index < -0.39 is 5.97 Å². The third kappa shape index (κ3) is 6.63. The molecule has 2 heterocycles. The molecule has 2 fully saturated rings. The van der Waals surface area contributed by atoms with Gasteiger partial charge >= 0.3 is 5.97 Å². The second-order valence-electron chi connectivity index (χ2n) is 8.96. The molecule has 0 bridgehead atoms. The van der Waals surface area contributed by atoms with E-state index in [0.717, 1.165) is 45.2 Å². The van der Waals surface area contributed by atoms with Crippen LogP contribution in [0.1, 0.15) is 41.6 Å². The molecular weight excluding hydrogens is 448 g/mol. The lowest BCUT2D eigenvalue weighted by Gasteiger charge is -2.32. The van der Waals surface area contributed by atoms with Crippen molar-refractivity contribution >= 4 is 29.5 Å². The van der Waals surface area contributed by atoms with Crippen molar-refractivity contribution in [3.05, 3.63) is 65.7 Å². The number of likely N-dealkylation sites (tertiary alicyclic amines) is 2. The lowest BCUT2D eigenvalue weighted by atomic mass is 9.90. The minimum absolute atomic E-state index is 0.0940. The van der Waals surface area contributed by atoms with E-state index in [1.54, 1.807) is 17.0 Å². The molecule has 6 nitrogen and oxygen atoms in total. The van der Waals surface area contributed by atoms with Crippen molar-refractivity contribution in [2.45, 2.75) is 37.0 Å². The van der Waals surface area contributed by atoms with Crippen LogP contribution in [0.15, 0.2) is 59.5 Å². The number of amides is 2. The highest BCUT2D eigenvalue weighted by Gasteiger charge is 2.25. The fourth-order valence-electron chi connectivity index (χ4n) is 4.59. The van der Waals surface area contributed by atoms with Crippen molar-refractivity contribution in [3.8, 4) is 0 Å². The number of piperidine rings is 1. The Labute approximate surface area is 205 Å². The number of hydrogen-bond acceptors (Lipinski definition) is 5. The molecule has 34 heavy (non-hydrogen) atoms. The molecule has 7 heteroatoms. The van der Waals surface area contributed by atoms with Gasteiger partial charge in [-0.2, -0.15) is 0 Å². The summed E-state index contributed by atoms with van der Waals surface area (Å²) in [5, 5.41) is 0. The SMILES string of the molecule is O=C(OCC(=O)N1CCC(Cc2ccccc2)CC1)c1ccccc1SCC(=O)N1CCCC1. The van der Waals surface area contributed by atoms with E-state index in [1.807, 2.05) is 23.1 Å². The third-order valence-corrected chi connectivity index (χ3v) is 7.64. The first-order valence-electron chi connectivity index (χ1n) is 12.1. The van der Waals surface area contributed by atoms with Gasteiger partial charge in [-0.25, -0.2) is 4.79 Å². The van der Waals surface area contributed by atoms with E-state index in [9.17, 15) is 14.4 Å². The normalized spacial score (nSPS) is 16.5. The van der Waals surface area contributed by atoms with E-state index in [-0.39, 0.29) is 18.4 Å². The molecule has 2 aromatic rings. The summed E-state index contributed by atoms with van der Waals surface area (Å²) in [5.41, 5.74) is 1.73. The number of carbonyl (C=O) groups excluding carboxylic acids is 3. The standard InChI is InChI=1S/C27H32N2O4S/c30-25(29-16-12-22(13-17-29)18-21-8-2-1-3-9-21)19-33-27(32)23-10-4-5-11-24(23)34-20-26(31)28-14-6-7-15-28/h1-5,8-11,22H,6-7,12-20H2. The Morgan fingerprint density at radius 1 is 0.824 bits per heavy atom. The molecule has 2 aromatic carbocycles. The van der Waals surface area contributed by atoms with Crippen molar-refractivity contribution in [2.75, 3.05) is 38.5 Å². The predicted octanol–water partition coefficient (Wildman–Crippen LogP) is 4.04. The highest BCUT2D eigenvalue weighted by atomic mass is 32.2. The largest absolute Gasteiger partial charge is 0.452 e. The molecule has 0 radical (unpaired) electrons. The Bertz CT molecular complexity index is 983. The number of benzene rings is 2. The number of carbonyl (C=O) groups is 3. The topological polar surface area (TPSA) is 66.9 Å². The van der Waals surface area contributed by atoms with Crippen LogP contribution >= 0.6 is 11.8 Å². The number of ether oxygens (including phenoxy) is 1. The van der Waals surface area contributed by atoms with Crippen LogP contribution in [0.2, 0.25) is 0 Å². The molecule has 2 aliphatic rings. The number of hydrogen-bond donors (Lipinski definition) is 0. The zero-order chi connectivity index (χ0) is 23.8. The molecule has 0 N–H and O–H groups in total. The van der Waals surface area contributed by atoms with Gasteiger partial charge in [-0.3, -0.25) is 9.59 Å². The van der Waals surface area contributed by atoms with Gasteiger partial charge in [0.15, 0.2) is 6.61 Å². The van der Waals surface area contributed by atoms with E-state index >= 15 is 0 Å². The molecule has 2 aliphatic heterocycles. The van der Waals surface area contributed by atoms with Crippen molar-refractivity contribution in [2.24, 2.45) is 5.92 Å². The smallest absolute Gasteiger partial charge is 0.339 e. The van der Waals surface area contributed by atoms with E-state index in [2.05, 4.69) is 24.3 Å². The summed E-state index contributed by atoms with van der Waals surface area (Å²) in [6, 6.07) is 17.5. The van der Waals surface area contributed by atoms with Gasteiger partial charge in [0.1, 0.15) is 0 Å². The first kappa shape index (κ1) is 24.3. The molecular formula is C27H32N2O4S. The summed E-state index contributed by atoms with van der Waals surface area (Å²) in [7, 11) is 0. The zero-order valence-electron chi connectivity index (χ0n) is 19.5. The molecule has 4 rings (SSSR count). The fraction of sp³-hybridized carbons (Fsp3) is 0.444. The van der Waals surface area contributed by atoms with Crippen LogP contribution in [0.3, 0.4) is 0 Å². The fourth-order valence-corrected chi connectivity index (χ4v) is 5.53. The zero-order valence-corrected chi connectivity index (χ0v) is 20.3. The molecule has 0 unspecified atom stereocenters. The average Bonchev–Trinajstić information content (AvgIpc) is 3.42. The predicted molar refractivity (Wildman–Crippen MR) is 133 cm³/mol. The summed E-state index contributed by atoms with van der Waals surface area (Å²) in [6.07, 6.45) is 5.06. The summed E-state index contributed by atoms with van der Waals surface area (Å²) < 4.78 is 5.37. The van der Waals surface area contributed by atoms with Crippen LogP contribution in [-0.2, 0) is 20.7 Å². The maximum Gasteiger partial charge on any atom is 0.339 e. The van der Waals surface area contributed by atoms with Crippen molar-refractivity contribution in [1.82, 2.24) is 9.80 Å². The molecule has 0 spiro atoms. The van der Waals surface area contributed by atoms with Gasteiger partial charge in [-0.1, -0.05) is 42.5 Å². The van der Waals surface area contributed by atoms with E-state index in [1.165, 1.54) is 17.3 Å².